The number of ether oxygens (including phenoxy) is 1. The van der Waals surface area contributed by atoms with Crippen molar-refractivity contribution >= 4 is 11.6 Å². The van der Waals surface area contributed by atoms with E-state index in [2.05, 4.69) is 11.8 Å². The molecule has 0 bridgehead atoms. The summed E-state index contributed by atoms with van der Waals surface area (Å²) in [6.07, 6.45) is 4.08. The summed E-state index contributed by atoms with van der Waals surface area (Å²) in [4.78, 5) is 2.51. The van der Waals surface area contributed by atoms with Crippen molar-refractivity contribution in [1.82, 2.24) is 4.90 Å². The van der Waals surface area contributed by atoms with E-state index >= 15 is 0 Å². The number of nitrogens with zero attached hydrogens (tertiary/aromatic N) is 1. The van der Waals surface area contributed by atoms with E-state index in [0.717, 1.165) is 0 Å². The minimum Gasteiger partial charge on any atom is -0.377 e. The standard InChI is InChI=1S/C10H20ClNO/c1-2-6-12-7-3-10(4-8-12)13-9-5-11/h10H,2-9H2,1H3. The first-order valence-electron chi connectivity index (χ1n) is 5.26. The van der Waals surface area contributed by atoms with Crippen LogP contribution in [0.25, 0.3) is 0 Å². The third-order valence-electron chi connectivity index (χ3n) is 2.51. The Balaban J connectivity index is 2.08. The summed E-state index contributed by atoms with van der Waals surface area (Å²) >= 11 is 5.56. The molecule has 1 fully saturated rings. The first-order chi connectivity index (χ1) is 6.36. The van der Waals surface area contributed by atoms with Crippen LogP contribution in [-0.4, -0.2) is 43.1 Å². The van der Waals surface area contributed by atoms with Crippen molar-refractivity contribution < 1.29 is 4.74 Å². The first kappa shape index (κ1) is 11.3. The van der Waals surface area contributed by atoms with Gasteiger partial charge in [-0.15, -0.1) is 11.6 Å². The highest BCUT2D eigenvalue weighted by Crippen LogP contribution is 2.13. The van der Waals surface area contributed by atoms with Gasteiger partial charge in [-0.3, -0.25) is 0 Å². The van der Waals surface area contributed by atoms with Crippen molar-refractivity contribution in [2.24, 2.45) is 0 Å². The zero-order valence-electron chi connectivity index (χ0n) is 8.47. The first-order valence-corrected chi connectivity index (χ1v) is 5.80. The lowest BCUT2D eigenvalue weighted by Gasteiger charge is -2.31. The van der Waals surface area contributed by atoms with Gasteiger partial charge in [0.1, 0.15) is 0 Å². The fourth-order valence-electron chi connectivity index (χ4n) is 1.83. The molecule has 2 nitrogen and oxygen atoms in total. The van der Waals surface area contributed by atoms with E-state index in [-0.39, 0.29) is 0 Å². The molecule has 0 N–H and O–H groups in total. The normalized spacial score (nSPS) is 20.8. The molecule has 13 heavy (non-hydrogen) atoms. The van der Waals surface area contributed by atoms with E-state index in [4.69, 9.17) is 16.3 Å². The molecule has 1 heterocycles. The number of hydrogen-bond donors (Lipinski definition) is 0. The van der Waals surface area contributed by atoms with Crippen molar-refractivity contribution in [2.45, 2.75) is 32.3 Å². The van der Waals surface area contributed by atoms with Gasteiger partial charge >= 0.3 is 0 Å². The molecular formula is C10H20ClNO. The van der Waals surface area contributed by atoms with E-state index in [1.54, 1.807) is 0 Å². The van der Waals surface area contributed by atoms with Crippen molar-refractivity contribution in [3.05, 3.63) is 0 Å². The zero-order chi connectivity index (χ0) is 9.52. The summed E-state index contributed by atoms with van der Waals surface area (Å²) in [5.74, 6) is 0.620. The smallest absolute Gasteiger partial charge is 0.0605 e. The maximum Gasteiger partial charge on any atom is 0.0605 e. The molecule has 0 amide bonds. The van der Waals surface area contributed by atoms with Gasteiger partial charge in [-0.05, 0) is 25.8 Å². The summed E-state index contributed by atoms with van der Waals surface area (Å²) in [5, 5.41) is 0. The van der Waals surface area contributed by atoms with E-state index in [0.29, 0.717) is 18.6 Å². The van der Waals surface area contributed by atoms with Crippen LogP contribution in [0.2, 0.25) is 0 Å². The Morgan fingerprint density at radius 3 is 2.62 bits per heavy atom. The highest BCUT2D eigenvalue weighted by atomic mass is 35.5. The van der Waals surface area contributed by atoms with E-state index < -0.39 is 0 Å². The second-order valence-corrected chi connectivity index (χ2v) is 3.98. The molecule has 1 aliphatic rings. The molecule has 0 aliphatic carbocycles. The molecule has 0 aromatic heterocycles. The number of hydrogen-bond acceptors (Lipinski definition) is 2. The molecule has 1 aliphatic heterocycles. The molecule has 1 rings (SSSR count). The fourth-order valence-corrected chi connectivity index (χ4v) is 1.92. The van der Waals surface area contributed by atoms with Gasteiger partial charge in [0.2, 0.25) is 0 Å². The number of likely N-dealkylation sites (tertiary alicyclic amines) is 1. The second kappa shape index (κ2) is 6.63. The molecule has 0 unspecified atom stereocenters. The third-order valence-corrected chi connectivity index (χ3v) is 2.66. The highest BCUT2D eigenvalue weighted by molar-refractivity contribution is 6.17. The molecule has 0 spiro atoms. The zero-order valence-corrected chi connectivity index (χ0v) is 9.22. The van der Waals surface area contributed by atoms with Crippen LogP contribution in [0.3, 0.4) is 0 Å². The summed E-state index contributed by atoms with van der Waals surface area (Å²) < 4.78 is 5.60. The van der Waals surface area contributed by atoms with Crippen LogP contribution in [0.1, 0.15) is 26.2 Å². The van der Waals surface area contributed by atoms with Gasteiger partial charge in [0, 0.05) is 19.0 Å². The number of alkyl halides is 1. The Kier molecular flexibility index (Phi) is 5.76. The summed E-state index contributed by atoms with van der Waals surface area (Å²) in [5.41, 5.74) is 0. The summed E-state index contributed by atoms with van der Waals surface area (Å²) in [6.45, 7) is 6.57. The molecule has 0 atom stereocenters. The van der Waals surface area contributed by atoms with Crippen molar-refractivity contribution in [2.75, 3.05) is 32.1 Å². The molecule has 78 valence electrons. The van der Waals surface area contributed by atoms with E-state index in [9.17, 15) is 0 Å². The molecular weight excluding hydrogens is 186 g/mol. The fraction of sp³-hybridized carbons (Fsp3) is 1.00. The van der Waals surface area contributed by atoms with Crippen LogP contribution in [-0.2, 0) is 4.74 Å². The maximum absolute atomic E-state index is 5.60. The summed E-state index contributed by atoms with van der Waals surface area (Å²) in [6, 6.07) is 0. The average Bonchev–Trinajstić information content (AvgIpc) is 2.17. The van der Waals surface area contributed by atoms with Gasteiger partial charge in [-0.25, -0.2) is 0 Å². The van der Waals surface area contributed by atoms with Crippen molar-refractivity contribution in [1.29, 1.82) is 0 Å². The van der Waals surface area contributed by atoms with Crippen LogP contribution in [0.15, 0.2) is 0 Å². The van der Waals surface area contributed by atoms with Gasteiger partial charge < -0.3 is 9.64 Å². The van der Waals surface area contributed by atoms with Crippen LogP contribution in [0, 0.1) is 0 Å². The lowest BCUT2D eigenvalue weighted by molar-refractivity contribution is 0.0153. The largest absolute Gasteiger partial charge is 0.377 e. The Labute approximate surface area is 86.2 Å². The SMILES string of the molecule is CCCN1CCC(OCCCl)CC1. The van der Waals surface area contributed by atoms with Gasteiger partial charge in [0.15, 0.2) is 0 Å². The van der Waals surface area contributed by atoms with Gasteiger partial charge in [0.05, 0.1) is 12.7 Å². The molecule has 1 saturated heterocycles. The number of piperidine rings is 1. The predicted octanol–water partition coefficient (Wildman–Crippen LogP) is 2.12. The van der Waals surface area contributed by atoms with Gasteiger partial charge in [-0.1, -0.05) is 6.92 Å². The molecule has 3 heteroatoms. The molecule has 0 saturated carbocycles. The van der Waals surface area contributed by atoms with Crippen molar-refractivity contribution in [3.63, 3.8) is 0 Å². The van der Waals surface area contributed by atoms with Crippen LogP contribution in [0.4, 0.5) is 0 Å². The Morgan fingerprint density at radius 1 is 1.38 bits per heavy atom. The van der Waals surface area contributed by atoms with Crippen molar-refractivity contribution in [3.8, 4) is 0 Å². The topological polar surface area (TPSA) is 12.5 Å². The number of halogens is 1. The van der Waals surface area contributed by atoms with E-state index in [1.807, 2.05) is 0 Å². The van der Waals surface area contributed by atoms with Gasteiger partial charge in [-0.2, -0.15) is 0 Å². The highest BCUT2D eigenvalue weighted by Gasteiger charge is 2.18. The Morgan fingerprint density at radius 2 is 2.08 bits per heavy atom. The van der Waals surface area contributed by atoms with E-state index in [1.165, 1.54) is 38.9 Å². The minimum absolute atomic E-state index is 0.465. The molecule has 0 aromatic rings. The summed E-state index contributed by atoms with van der Waals surface area (Å²) in [7, 11) is 0. The second-order valence-electron chi connectivity index (χ2n) is 3.60. The molecule has 0 aromatic carbocycles. The minimum atomic E-state index is 0.465. The molecule has 0 radical (unpaired) electrons. The lowest BCUT2D eigenvalue weighted by Crippen LogP contribution is -2.37. The number of rotatable bonds is 5. The maximum atomic E-state index is 5.60. The Bertz CT molecular complexity index is 124. The third kappa shape index (κ3) is 4.30. The lowest BCUT2D eigenvalue weighted by atomic mass is 10.1. The average molecular weight is 206 g/mol. The quantitative estimate of drug-likeness (QED) is 0.638. The van der Waals surface area contributed by atoms with Crippen LogP contribution < -0.4 is 0 Å². The predicted molar refractivity (Wildman–Crippen MR) is 56.4 cm³/mol. The van der Waals surface area contributed by atoms with Crippen LogP contribution in [0.5, 0.6) is 0 Å². The van der Waals surface area contributed by atoms with Gasteiger partial charge in [0.25, 0.3) is 0 Å². The monoisotopic (exact) mass is 205 g/mol. The van der Waals surface area contributed by atoms with Crippen LogP contribution >= 0.6 is 11.6 Å². The Hall–Kier alpha value is 0.210.